The zero-order valence-electron chi connectivity index (χ0n) is 11.4. The van der Waals surface area contributed by atoms with Gasteiger partial charge >= 0.3 is 0 Å². The highest BCUT2D eigenvalue weighted by Crippen LogP contribution is 2.24. The topological polar surface area (TPSA) is 75.4 Å². The van der Waals surface area contributed by atoms with Gasteiger partial charge in [-0.1, -0.05) is 13.0 Å². The van der Waals surface area contributed by atoms with Crippen molar-refractivity contribution >= 4 is 33.0 Å². The van der Waals surface area contributed by atoms with Crippen LogP contribution >= 0.6 is 12.2 Å². The van der Waals surface area contributed by atoms with E-state index in [1.165, 1.54) is 0 Å². The Balaban J connectivity index is 2.23. The SMILES string of the molecule is CC1CCN(S(=O)(=O)c2cccc(NC(N)=S)c2)CC1. The summed E-state index contributed by atoms with van der Waals surface area (Å²) in [4.78, 5) is 0.272. The molecule has 0 radical (unpaired) electrons. The molecule has 1 aliphatic heterocycles. The van der Waals surface area contributed by atoms with Gasteiger partial charge in [-0.15, -0.1) is 0 Å². The maximum absolute atomic E-state index is 12.6. The van der Waals surface area contributed by atoms with E-state index in [1.807, 2.05) is 0 Å². The second-order valence-electron chi connectivity index (χ2n) is 5.10. The Kier molecular flexibility index (Phi) is 4.62. The van der Waals surface area contributed by atoms with Gasteiger partial charge in [0.15, 0.2) is 5.11 Å². The van der Waals surface area contributed by atoms with Crippen molar-refractivity contribution < 1.29 is 8.42 Å². The lowest BCUT2D eigenvalue weighted by molar-refractivity contribution is 0.288. The van der Waals surface area contributed by atoms with Crippen LogP contribution in [0, 0.1) is 5.92 Å². The van der Waals surface area contributed by atoms with E-state index in [0.717, 1.165) is 12.8 Å². The number of nitrogens with one attached hydrogen (secondary N) is 1. The predicted octanol–water partition coefficient (Wildman–Crippen LogP) is 1.76. The van der Waals surface area contributed by atoms with E-state index in [4.69, 9.17) is 18.0 Å². The molecule has 0 saturated carbocycles. The standard InChI is InChI=1S/C13H19N3O2S2/c1-10-5-7-16(8-6-10)20(17,18)12-4-2-3-11(9-12)15-13(14)19/h2-4,9-10H,5-8H2,1H3,(H3,14,15,19). The number of nitrogens with zero attached hydrogens (tertiary/aromatic N) is 1. The largest absolute Gasteiger partial charge is 0.376 e. The van der Waals surface area contributed by atoms with Gasteiger partial charge in [-0.25, -0.2) is 8.42 Å². The number of hydrogen-bond acceptors (Lipinski definition) is 3. The van der Waals surface area contributed by atoms with Gasteiger partial charge < -0.3 is 11.1 Å². The molecule has 1 aromatic rings. The third kappa shape index (κ3) is 3.47. The molecule has 0 amide bonds. The number of rotatable bonds is 3. The summed E-state index contributed by atoms with van der Waals surface area (Å²) in [5, 5.41) is 2.87. The molecular weight excluding hydrogens is 294 g/mol. The van der Waals surface area contributed by atoms with Crippen LogP contribution in [0.1, 0.15) is 19.8 Å². The van der Waals surface area contributed by atoms with E-state index in [9.17, 15) is 8.42 Å². The molecule has 1 heterocycles. The molecule has 3 N–H and O–H groups in total. The molecule has 7 heteroatoms. The zero-order chi connectivity index (χ0) is 14.8. The highest BCUT2D eigenvalue weighted by atomic mass is 32.2. The van der Waals surface area contributed by atoms with Gasteiger partial charge in [-0.3, -0.25) is 0 Å². The van der Waals surface area contributed by atoms with Gasteiger partial charge in [0.2, 0.25) is 10.0 Å². The van der Waals surface area contributed by atoms with Crippen LogP contribution in [0.3, 0.4) is 0 Å². The Hall–Kier alpha value is -1.18. The second-order valence-corrected chi connectivity index (χ2v) is 7.48. The molecule has 0 atom stereocenters. The van der Waals surface area contributed by atoms with Crippen molar-refractivity contribution in [2.75, 3.05) is 18.4 Å². The van der Waals surface area contributed by atoms with E-state index >= 15 is 0 Å². The summed E-state index contributed by atoms with van der Waals surface area (Å²) in [5.74, 6) is 0.587. The fourth-order valence-corrected chi connectivity index (χ4v) is 3.88. The van der Waals surface area contributed by atoms with Crippen LogP contribution in [0.25, 0.3) is 0 Å². The molecule has 0 unspecified atom stereocenters. The van der Waals surface area contributed by atoms with Crippen LogP contribution in [-0.4, -0.2) is 30.9 Å². The van der Waals surface area contributed by atoms with Crippen LogP contribution in [0.15, 0.2) is 29.2 Å². The van der Waals surface area contributed by atoms with Crippen molar-refractivity contribution in [2.45, 2.75) is 24.7 Å². The quantitative estimate of drug-likeness (QED) is 0.832. The summed E-state index contributed by atoms with van der Waals surface area (Å²) in [6.45, 7) is 3.31. The lowest BCUT2D eigenvalue weighted by Crippen LogP contribution is -2.37. The van der Waals surface area contributed by atoms with E-state index in [1.54, 1.807) is 28.6 Å². The van der Waals surface area contributed by atoms with Crippen molar-refractivity contribution in [3.8, 4) is 0 Å². The fourth-order valence-electron chi connectivity index (χ4n) is 2.25. The van der Waals surface area contributed by atoms with Gasteiger partial charge in [0.05, 0.1) is 4.90 Å². The Bertz CT molecular complexity index is 593. The summed E-state index contributed by atoms with van der Waals surface area (Å²) in [5.41, 5.74) is 5.99. The number of thiocarbonyl (C=S) groups is 1. The summed E-state index contributed by atoms with van der Waals surface area (Å²) < 4.78 is 26.7. The minimum atomic E-state index is -3.43. The Morgan fingerprint density at radius 1 is 1.40 bits per heavy atom. The average Bonchev–Trinajstić information content (AvgIpc) is 2.39. The highest BCUT2D eigenvalue weighted by Gasteiger charge is 2.28. The average molecular weight is 313 g/mol. The van der Waals surface area contributed by atoms with Crippen LogP contribution in [0.5, 0.6) is 0 Å². The first-order chi connectivity index (χ1) is 9.39. The molecule has 1 aromatic carbocycles. The maximum atomic E-state index is 12.6. The molecular formula is C13H19N3O2S2. The van der Waals surface area contributed by atoms with E-state index in [0.29, 0.717) is 24.7 Å². The molecule has 110 valence electrons. The number of benzene rings is 1. The zero-order valence-corrected chi connectivity index (χ0v) is 13.0. The van der Waals surface area contributed by atoms with Crippen molar-refractivity contribution in [3.05, 3.63) is 24.3 Å². The van der Waals surface area contributed by atoms with Gasteiger partial charge in [0, 0.05) is 18.8 Å². The molecule has 0 aromatic heterocycles. The third-order valence-corrected chi connectivity index (χ3v) is 5.48. The first kappa shape index (κ1) is 15.2. The van der Waals surface area contributed by atoms with Gasteiger partial charge in [-0.2, -0.15) is 4.31 Å². The first-order valence-corrected chi connectivity index (χ1v) is 8.41. The third-order valence-electron chi connectivity index (χ3n) is 3.48. The van der Waals surface area contributed by atoms with Gasteiger partial charge in [0.25, 0.3) is 0 Å². The number of sulfonamides is 1. The summed E-state index contributed by atoms with van der Waals surface area (Å²) in [6.07, 6.45) is 1.81. The molecule has 0 bridgehead atoms. The number of anilines is 1. The number of nitrogens with two attached hydrogens (primary N) is 1. The molecule has 5 nitrogen and oxygen atoms in total. The minimum absolute atomic E-state index is 0.117. The van der Waals surface area contributed by atoms with Crippen molar-refractivity contribution in [1.82, 2.24) is 4.31 Å². The van der Waals surface area contributed by atoms with Crippen molar-refractivity contribution in [3.63, 3.8) is 0 Å². The predicted molar refractivity (Wildman–Crippen MR) is 84.0 cm³/mol. The first-order valence-electron chi connectivity index (χ1n) is 6.56. The van der Waals surface area contributed by atoms with E-state index < -0.39 is 10.0 Å². The lowest BCUT2D eigenvalue weighted by Gasteiger charge is -2.29. The molecule has 2 rings (SSSR count). The van der Waals surface area contributed by atoms with Crippen LogP contribution in [-0.2, 0) is 10.0 Å². The Morgan fingerprint density at radius 2 is 2.05 bits per heavy atom. The molecule has 0 aliphatic carbocycles. The molecule has 1 saturated heterocycles. The summed E-state index contributed by atoms with van der Waals surface area (Å²) in [6, 6.07) is 6.57. The molecule has 1 fully saturated rings. The molecule has 0 spiro atoms. The second kappa shape index (κ2) is 6.07. The van der Waals surface area contributed by atoms with E-state index in [2.05, 4.69) is 12.2 Å². The van der Waals surface area contributed by atoms with Crippen LogP contribution in [0.2, 0.25) is 0 Å². The van der Waals surface area contributed by atoms with Gasteiger partial charge in [-0.05, 0) is 49.2 Å². The van der Waals surface area contributed by atoms with Crippen LogP contribution < -0.4 is 11.1 Å². The normalized spacial score (nSPS) is 17.9. The van der Waals surface area contributed by atoms with Crippen LogP contribution in [0.4, 0.5) is 5.69 Å². The maximum Gasteiger partial charge on any atom is 0.243 e. The lowest BCUT2D eigenvalue weighted by atomic mass is 10.0. The van der Waals surface area contributed by atoms with Crippen molar-refractivity contribution in [2.24, 2.45) is 11.7 Å². The number of piperidine rings is 1. The smallest absolute Gasteiger partial charge is 0.243 e. The molecule has 1 aliphatic rings. The number of hydrogen-bond donors (Lipinski definition) is 2. The Labute approximate surface area is 125 Å². The van der Waals surface area contributed by atoms with E-state index in [-0.39, 0.29) is 10.0 Å². The minimum Gasteiger partial charge on any atom is -0.376 e. The monoisotopic (exact) mass is 313 g/mol. The molecule has 20 heavy (non-hydrogen) atoms. The van der Waals surface area contributed by atoms with Crippen molar-refractivity contribution in [1.29, 1.82) is 0 Å². The summed E-state index contributed by atoms with van der Waals surface area (Å²) >= 11 is 4.76. The Morgan fingerprint density at radius 3 is 2.65 bits per heavy atom. The summed E-state index contributed by atoms with van der Waals surface area (Å²) in [7, 11) is -3.43. The van der Waals surface area contributed by atoms with Gasteiger partial charge in [0.1, 0.15) is 0 Å². The highest BCUT2D eigenvalue weighted by molar-refractivity contribution is 7.89. The fraction of sp³-hybridized carbons (Fsp3) is 0.462.